The van der Waals surface area contributed by atoms with Crippen LogP contribution in [0.4, 0.5) is 5.69 Å². The minimum atomic E-state index is -3.70. The van der Waals surface area contributed by atoms with Crippen molar-refractivity contribution in [3.05, 3.63) is 58.6 Å². The van der Waals surface area contributed by atoms with Gasteiger partial charge in [0.05, 0.1) is 19.1 Å². The van der Waals surface area contributed by atoms with Crippen molar-refractivity contribution in [1.82, 2.24) is 5.32 Å². The van der Waals surface area contributed by atoms with Gasteiger partial charge in [0.2, 0.25) is 15.9 Å². The number of rotatable bonds is 9. The Bertz CT molecular complexity index is 946. The van der Waals surface area contributed by atoms with Crippen LogP contribution in [0.5, 0.6) is 5.75 Å². The van der Waals surface area contributed by atoms with E-state index in [1.54, 1.807) is 39.2 Å². The summed E-state index contributed by atoms with van der Waals surface area (Å²) >= 11 is 6.08. The number of ether oxygens (including phenoxy) is 1. The number of amides is 1. The van der Waals surface area contributed by atoms with Crippen LogP contribution in [0.25, 0.3) is 0 Å². The minimum absolute atomic E-state index is 0.327. The lowest BCUT2D eigenvalue weighted by Crippen LogP contribution is -2.49. The monoisotopic (exact) mass is 438 g/mol. The molecule has 1 amide bonds. The number of aryl methyl sites for hydroxylation is 1. The predicted molar refractivity (Wildman–Crippen MR) is 117 cm³/mol. The molecule has 8 heteroatoms. The number of nitrogens with one attached hydrogen (secondary N) is 1. The highest BCUT2D eigenvalue weighted by molar-refractivity contribution is 7.92. The van der Waals surface area contributed by atoms with Crippen LogP contribution in [0.3, 0.4) is 0 Å². The molecular weight excluding hydrogens is 412 g/mol. The van der Waals surface area contributed by atoms with Crippen molar-refractivity contribution < 1.29 is 17.9 Å². The number of anilines is 1. The van der Waals surface area contributed by atoms with E-state index in [1.807, 2.05) is 24.3 Å². The molecule has 1 atom stereocenters. The van der Waals surface area contributed by atoms with E-state index >= 15 is 0 Å². The van der Waals surface area contributed by atoms with E-state index < -0.39 is 16.1 Å². The molecule has 0 aliphatic carbocycles. The molecular formula is C21H27ClN2O4S. The Labute approximate surface area is 177 Å². The van der Waals surface area contributed by atoms with Gasteiger partial charge in [-0.05, 0) is 55.2 Å². The summed E-state index contributed by atoms with van der Waals surface area (Å²) in [6, 6.07) is 11.7. The van der Waals surface area contributed by atoms with Crippen LogP contribution in [-0.2, 0) is 21.2 Å². The molecule has 6 nitrogen and oxygen atoms in total. The van der Waals surface area contributed by atoms with Crippen LogP contribution in [-0.4, -0.2) is 40.3 Å². The molecule has 0 saturated carbocycles. The van der Waals surface area contributed by atoms with Crippen molar-refractivity contribution in [2.24, 2.45) is 0 Å². The van der Waals surface area contributed by atoms with Gasteiger partial charge in [-0.3, -0.25) is 9.10 Å². The van der Waals surface area contributed by atoms with Gasteiger partial charge in [-0.15, -0.1) is 0 Å². The third-order valence-corrected chi connectivity index (χ3v) is 6.01. The van der Waals surface area contributed by atoms with Gasteiger partial charge in [-0.25, -0.2) is 8.42 Å². The van der Waals surface area contributed by atoms with Crippen LogP contribution >= 0.6 is 11.6 Å². The van der Waals surface area contributed by atoms with Crippen molar-refractivity contribution in [2.45, 2.75) is 32.7 Å². The number of methoxy groups -OCH3 is 1. The molecule has 0 heterocycles. The smallest absolute Gasteiger partial charge is 0.243 e. The Morgan fingerprint density at radius 3 is 2.41 bits per heavy atom. The molecule has 0 aliphatic rings. The number of carbonyl (C=O) groups is 1. The van der Waals surface area contributed by atoms with Gasteiger partial charge in [0, 0.05) is 11.6 Å². The second-order valence-corrected chi connectivity index (χ2v) is 9.10. The normalized spacial score (nSPS) is 12.3. The van der Waals surface area contributed by atoms with Crippen molar-refractivity contribution in [2.75, 3.05) is 24.2 Å². The molecule has 0 spiro atoms. The number of hydrogen-bond donors (Lipinski definition) is 1. The Morgan fingerprint density at radius 1 is 1.21 bits per heavy atom. The summed E-state index contributed by atoms with van der Waals surface area (Å²) in [6.07, 6.45) is 2.05. The number of benzene rings is 2. The van der Waals surface area contributed by atoms with Gasteiger partial charge in [0.25, 0.3) is 0 Å². The molecule has 158 valence electrons. The maximum Gasteiger partial charge on any atom is 0.243 e. The van der Waals surface area contributed by atoms with Crippen LogP contribution in [0.1, 0.15) is 24.5 Å². The molecule has 1 N–H and O–H groups in total. The van der Waals surface area contributed by atoms with E-state index in [0.717, 1.165) is 27.4 Å². The van der Waals surface area contributed by atoms with Crippen molar-refractivity contribution >= 4 is 33.2 Å². The molecule has 0 saturated heterocycles. The standard InChI is InChI=1S/C21H27ClN2O4S/c1-5-19(21(25)23-13-12-16-7-10-18(28-3)11-8-16)24(29(4,26)27)20-14-17(22)9-6-15(20)2/h6-11,14,19H,5,12-13H2,1-4H3,(H,23,25)/t19-/m1/s1. The fourth-order valence-corrected chi connectivity index (χ4v) is 4.52. The van der Waals surface area contributed by atoms with E-state index in [2.05, 4.69) is 5.32 Å². The van der Waals surface area contributed by atoms with Gasteiger partial charge in [0.1, 0.15) is 11.8 Å². The summed E-state index contributed by atoms with van der Waals surface area (Å²) in [5.41, 5.74) is 2.19. The molecule has 2 aromatic carbocycles. The summed E-state index contributed by atoms with van der Waals surface area (Å²) in [5.74, 6) is 0.426. The van der Waals surface area contributed by atoms with Crippen molar-refractivity contribution in [1.29, 1.82) is 0 Å². The van der Waals surface area contributed by atoms with Crippen LogP contribution < -0.4 is 14.4 Å². The summed E-state index contributed by atoms with van der Waals surface area (Å²) in [4.78, 5) is 12.9. The highest BCUT2D eigenvalue weighted by Gasteiger charge is 2.32. The Balaban J connectivity index is 2.16. The molecule has 2 aromatic rings. The second-order valence-electron chi connectivity index (χ2n) is 6.80. The average molecular weight is 439 g/mol. The van der Waals surface area contributed by atoms with Crippen LogP contribution in [0, 0.1) is 6.92 Å². The third kappa shape index (κ3) is 6.11. The zero-order valence-corrected chi connectivity index (χ0v) is 18.7. The zero-order valence-electron chi connectivity index (χ0n) is 17.1. The number of hydrogen-bond acceptors (Lipinski definition) is 4. The first-order valence-corrected chi connectivity index (χ1v) is 11.6. The first-order valence-electron chi connectivity index (χ1n) is 9.33. The molecule has 0 fully saturated rings. The Kier molecular flexibility index (Phi) is 7.93. The number of nitrogens with zero attached hydrogens (tertiary/aromatic N) is 1. The third-order valence-electron chi connectivity index (χ3n) is 4.61. The van der Waals surface area contributed by atoms with E-state index in [-0.39, 0.29) is 5.91 Å². The SMILES string of the molecule is CC[C@H](C(=O)NCCc1ccc(OC)cc1)N(c1cc(Cl)ccc1C)S(C)(=O)=O. The van der Waals surface area contributed by atoms with E-state index in [9.17, 15) is 13.2 Å². The predicted octanol–water partition coefficient (Wildman–Crippen LogP) is 3.56. The van der Waals surface area contributed by atoms with E-state index in [4.69, 9.17) is 16.3 Å². The lowest BCUT2D eigenvalue weighted by Gasteiger charge is -2.31. The number of carbonyl (C=O) groups excluding carboxylic acids is 1. The van der Waals surface area contributed by atoms with Gasteiger partial charge in [-0.1, -0.05) is 36.7 Å². The summed E-state index contributed by atoms with van der Waals surface area (Å²) in [7, 11) is -2.09. The van der Waals surface area contributed by atoms with Crippen LogP contribution in [0.15, 0.2) is 42.5 Å². The maximum atomic E-state index is 12.9. The van der Waals surface area contributed by atoms with Gasteiger partial charge in [0.15, 0.2) is 0 Å². The molecule has 29 heavy (non-hydrogen) atoms. The lowest BCUT2D eigenvalue weighted by molar-refractivity contribution is -0.122. The van der Waals surface area contributed by atoms with Gasteiger partial charge >= 0.3 is 0 Å². The van der Waals surface area contributed by atoms with Crippen molar-refractivity contribution in [3.63, 3.8) is 0 Å². The Hall–Kier alpha value is -2.25. The fraction of sp³-hybridized carbons (Fsp3) is 0.381. The first-order chi connectivity index (χ1) is 13.7. The van der Waals surface area contributed by atoms with Crippen molar-refractivity contribution in [3.8, 4) is 5.75 Å². The van der Waals surface area contributed by atoms with E-state index in [1.165, 1.54) is 0 Å². The quantitative estimate of drug-likeness (QED) is 0.649. The largest absolute Gasteiger partial charge is 0.497 e. The molecule has 0 bridgehead atoms. The van der Waals surface area contributed by atoms with Gasteiger partial charge in [-0.2, -0.15) is 0 Å². The first kappa shape index (κ1) is 23.0. The summed E-state index contributed by atoms with van der Waals surface area (Å²) in [6.45, 7) is 3.97. The topological polar surface area (TPSA) is 75.7 Å². The minimum Gasteiger partial charge on any atom is -0.497 e. The Morgan fingerprint density at radius 2 is 1.86 bits per heavy atom. The number of sulfonamides is 1. The summed E-state index contributed by atoms with van der Waals surface area (Å²) in [5, 5.41) is 3.27. The fourth-order valence-electron chi connectivity index (χ4n) is 3.10. The summed E-state index contributed by atoms with van der Waals surface area (Å²) < 4.78 is 31.4. The molecule has 0 aliphatic heterocycles. The van der Waals surface area contributed by atoms with E-state index in [0.29, 0.717) is 30.1 Å². The molecule has 0 aromatic heterocycles. The molecule has 0 radical (unpaired) electrons. The lowest BCUT2D eigenvalue weighted by atomic mass is 10.1. The highest BCUT2D eigenvalue weighted by atomic mass is 35.5. The van der Waals surface area contributed by atoms with Gasteiger partial charge < -0.3 is 10.1 Å². The number of halogens is 1. The zero-order chi connectivity index (χ0) is 21.6. The molecule has 2 rings (SSSR count). The second kappa shape index (κ2) is 9.98. The average Bonchev–Trinajstić information content (AvgIpc) is 2.67. The van der Waals surface area contributed by atoms with Crippen LogP contribution in [0.2, 0.25) is 5.02 Å². The maximum absolute atomic E-state index is 12.9. The highest BCUT2D eigenvalue weighted by Crippen LogP contribution is 2.29. The molecule has 0 unspecified atom stereocenters.